The minimum Gasteiger partial charge on any atom is -0.497 e. The van der Waals surface area contributed by atoms with Crippen molar-refractivity contribution in [1.82, 2.24) is 26.6 Å². The van der Waals surface area contributed by atoms with Crippen molar-refractivity contribution in [2.75, 3.05) is 68.3 Å². The summed E-state index contributed by atoms with van der Waals surface area (Å²) in [7, 11) is 6.93. The van der Waals surface area contributed by atoms with Gasteiger partial charge in [-0.1, -0.05) is 173 Å². The van der Waals surface area contributed by atoms with Gasteiger partial charge in [0.2, 0.25) is 35.4 Å². The van der Waals surface area contributed by atoms with Gasteiger partial charge < -0.3 is 50.3 Å². The summed E-state index contributed by atoms with van der Waals surface area (Å²) in [5.74, 6) is -12.1. The molecule has 0 aromatic heterocycles. The standard InChI is InChI=1S/C21H20F3NO3.C21H21F2NO3.2C21H22FNO3.C21H23NO3/c1-11-3-5-12(6-4-11)7-13(26)8-14-15(10-25-21(14)27)18-16(22)9-17(28-2)19(23)20(18)24;1-12-3-5-13(6-4-12)7-14(25)8-16-17(11-24-21(16)26)20-18(22)9-15(27-2)10-19(20)23;1-13-3-5-14(6-4-13)9-15(24)10-18-19(12-23-21(18)25)17-8-7-16(26-2)11-20(17)22;1-13-3-5-14(6-4-13)9-16(24)11-17-18(12-23-21(17)25)15-7-8-20(26-2)19(22)10-15;1-14-3-5-15(6-4-14)11-17(23)12-19-20(13-22-21(19)24)16-7-9-18(25-2)10-8-16/h3-6,9,14-15H,7-8,10H2,1-2H3,(H,25,27);3-6,9-10,16-17H,7-8,11H2,1-2H3,(H,24,26);3-8,11,18-19H,9-10,12H2,1-2H3,(H,23,25);3-8,10,17-18H,9,11-12H2,1-2H3,(H,23,25);3-10,19-20H,11-13H2,1-2H3,(H,22,24)/t14-,15+;16-,17+;18-,19-;17-,18-;19-,20-/m00000/s1. The SMILES string of the molecule is COc1cc(F)c([C@@H]2CNC(=O)[C@H]2CC(=O)Cc2ccc(C)cc2)c(F)c1.COc1cc(F)c([C@@H]2CNC(=O)[C@H]2CC(=O)Cc2ccc(C)cc2)c(F)c1F.COc1ccc([C@@H]2CNC(=O)[C@H]2CC(=O)Cc2ccc(C)cc2)c(F)c1.COc1ccc([C@@H]2CNC(=O)[C@H]2CC(=O)Cc2ccc(C)cc2)cc1.COc1ccc([C@@H]2CNC(=O)[C@H]2CC(=O)Cc2ccc(C)cc2)cc1F. The summed E-state index contributed by atoms with van der Waals surface area (Å²) in [6.07, 6.45) is 1.54. The summed E-state index contributed by atoms with van der Waals surface area (Å²) in [6.45, 7) is 11.2. The lowest BCUT2D eigenvalue weighted by molar-refractivity contribution is -0.127. The first-order valence-corrected chi connectivity index (χ1v) is 43.5. The molecule has 5 heterocycles. The zero-order chi connectivity index (χ0) is 95.1. The Hall–Kier alpha value is -13.6. The molecule has 10 aromatic carbocycles. The van der Waals surface area contributed by atoms with Crippen LogP contribution in [0.4, 0.5) is 30.7 Å². The van der Waals surface area contributed by atoms with E-state index in [1.807, 2.05) is 180 Å². The monoisotopic (exact) mass is 1810 g/mol. The second-order valence-corrected chi connectivity index (χ2v) is 34.0. The highest BCUT2D eigenvalue weighted by molar-refractivity contribution is 5.94. The van der Waals surface area contributed by atoms with E-state index in [1.54, 1.807) is 31.4 Å². The first-order valence-electron chi connectivity index (χ1n) is 43.5. The summed E-state index contributed by atoms with van der Waals surface area (Å²) in [4.78, 5) is 123. The Balaban J connectivity index is 0.000000159. The van der Waals surface area contributed by atoms with E-state index in [9.17, 15) is 78.7 Å². The molecule has 0 saturated carbocycles. The summed E-state index contributed by atoms with van der Waals surface area (Å²) >= 11 is 0. The van der Waals surface area contributed by atoms with Crippen molar-refractivity contribution in [2.24, 2.45) is 29.6 Å². The highest BCUT2D eigenvalue weighted by atomic mass is 19.2. The van der Waals surface area contributed by atoms with Crippen molar-refractivity contribution in [2.45, 2.75) is 128 Å². The molecule has 0 spiro atoms. The van der Waals surface area contributed by atoms with Crippen LogP contribution in [0.25, 0.3) is 0 Å². The van der Waals surface area contributed by atoms with Crippen LogP contribution in [0.5, 0.6) is 28.7 Å². The Kier molecular flexibility index (Phi) is 34.7. The van der Waals surface area contributed by atoms with Gasteiger partial charge >= 0.3 is 0 Å². The highest BCUT2D eigenvalue weighted by Crippen LogP contribution is 2.42. The number of nitrogens with one attached hydrogen (secondary N) is 5. The summed E-state index contributed by atoms with van der Waals surface area (Å²) in [5.41, 5.74) is 11.6. The minimum atomic E-state index is -1.39. The van der Waals surface area contributed by atoms with E-state index < -0.39 is 93.4 Å². The Morgan fingerprint density at radius 1 is 0.273 bits per heavy atom. The largest absolute Gasteiger partial charge is 0.497 e. The lowest BCUT2D eigenvalue weighted by atomic mass is 9.83. The van der Waals surface area contributed by atoms with Gasteiger partial charge in [0.05, 0.1) is 65.1 Å². The molecule has 5 saturated heterocycles. The molecular weight excluding hydrogens is 1700 g/mol. The maximum Gasteiger partial charge on any atom is 0.224 e. The van der Waals surface area contributed by atoms with E-state index in [4.69, 9.17) is 18.9 Å². The fourth-order valence-corrected chi connectivity index (χ4v) is 17.2. The molecule has 5 fully saturated rings. The number of ketones is 5. The zero-order valence-electron chi connectivity index (χ0n) is 75.2. The predicted octanol–water partition coefficient (Wildman–Crippen LogP) is 16.1. The van der Waals surface area contributed by atoms with Crippen LogP contribution in [0.2, 0.25) is 0 Å². The van der Waals surface area contributed by atoms with E-state index in [2.05, 4.69) is 31.3 Å². The molecule has 5 amide bonds. The molecule has 0 radical (unpaired) electrons. The lowest BCUT2D eigenvalue weighted by Crippen LogP contribution is -2.23. The van der Waals surface area contributed by atoms with Crippen molar-refractivity contribution in [3.63, 3.8) is 0 Å². The zero-order valence-corrected chi connectivity index (χ0v) is 75.2. The first kappa shape index (κ1) is 99.0. The Bertz CT molecular complexity index is 5780. The first-order chi connectivity index (χ1) is 63.2. The van der Waals surface area contributed by atoms with Crippen molar-refractivity contribution >= 4 is 58.5 Å². The summed E-state index contributed by atoms with van der Waals surface area (Å²) in [6, 6.07) is 58.4. The second-order valence-electron chi connectivity index (χ2n) is 34.0. The van der Waals surface area contributed by atoms with Gasteiger partial charge in [0.25, 0.3) is 0 Å². The molecule has 0 bridgehead atoms. The van der Waals surface area contributed by atoms with Gasteiger partial charge in [0.15, 0.2) is 23.1 Å². The van der Waals surface area contributed by atoms with Gasteiger partial charge in [-0.05, 0) is 109 Å². The Morgan fingerprint density at radius 3 is 0.894 bits per heavy atom. The molecule has 5 N–H and O–H groups in total. The topological polar surface area (TPSA) is 277 Å². The van der Waals surface area contributed by atoms with E-state index in [1.165, 1.54) is 39.0 Å². The minimum absolute atomic E-state index is 0.00915. The van der Waals surface area contributed by atoms with Crippen molar-refractivity contribution < 1.29 is 102 Å². The Labute approximate surface area is 762 Å². The van der Waals surface area contributed by atoms with Gasteiger partial charge in [-0.25, -0.2) is 26.3 Å². The van der Waals surface area contributed by atoms with Gasteiger partial charge in [-0.2, -0.15) is 4.39 Å². The molecular formula is C105H108F7N5O15. The van der Waals surface area contributed by atoms with Crippen molar-refractivity contribution in [3.05, 3.63) is 324 Å². The van der Waals surface area contributed by atoms with Gasteiger partial charge in [0.1, 0.15) is 69.4 Å². The van der Waals surface area contributed by atoms with Gasteiger partial charge in [0, 0.05) is 162 Å². The quantitative estimate of drug-likeness (QED) is 0.0207. The van der Waals surface area contributed by atoms with Crippen LogP contribution in [0.1, 0.15) is 145 Å². The normalized spacial score (nSPS) is 19.2. The molecule has 5 aliphatic rings. The van der Waals surface area contributed by atoms with Crippen LogP contribution in [-0.2, 0) is 80.0 Å². The van der Waals surface area contributed by atoms with Crippen LogP contribution in [0.15, 0.2) is 200 Å². The smallest absolute Gasteiger partial charge is 0.224 e. The Morgan fingerprint density at radius 2 is 0.561 bits per heavy atom. The number of halogens is 7. The molecule has 10 atom stereocenters. The van der Waals surface area contributed by atoms with E-state index in [-0.39, 0.29) is 158 Å². The maximum atomic E-state index is 14.5. The van der Waals surface area contributed by atoms with Crippen molar-refractivity contribution in [1.29, 1.82) is 0 Å². The fourth-order valence-electron chi connectivity index (χ4n) is 17.2. The molecule has 20 nitrogen and oxygen atoms in total. The average molecular weight is 1810 g/mol. The molecule has 132 heavy (non-hydrogen) atoms. The average Bonchev–Trinajstić information content (AvgIpc) is 1.48. The molecule has 10 aromatic rings. The van der Waals surface area contributed by atoms with Gasteiger partial charge in [-0.15, -0.1) is 0 Å². The number of benzene rings is 10. The molecule has 0 aliphatic carbocycles. The number of Topliss-reactive ketones (excluding diaryl/α,β-unsaturated/α-hetero) is 5. The van der Waals surface area contributed by atoms with Crippen molar-refractivity contribution in [3.8, 4) is 28.7 Å². The molecule has 5 aliphatic heterocycles. The van der Waals surface area contributed by atoms with Crippen LogP contribution in [0.3, 0.4) is 0 Å². The fraction of sp³-hybridized carbons (Fsp3) is 0.333. The number of amides is 5. The number of rotatable bonds is 30. The molecule has 0 unspecified atom stereocenters. The predicted molar refractivity (Wildman–Crippen MR) is 483 cm³/mol. The van der Waals surface area contributed by atoms with Crippen LogP contribution in [-0.4, -0.2) is 127 Å². The van der Waals surface area contributed by atoms with E-state index in [0.29, 0.717) is 49.4 Å². The van der Waals surface area contributed by atoms with Crippen LogP contribution >= 0.6 is 0 Å². The number of ether oxygens (including phenoxy) is 5. The third kappa shape index (κ3) is 26.2. The number of aryl methyl sites for hydroxylation is 5. The molecule has 15 rings (SSSR count). The van der Waals surface area contributed by atoms with E-state index in [0.717, 1.165) is 86.7 Å². The third-order valence-corrected chi connectivity index (χ3v) is 24.6. The molecule has 692 valence electrons. The van der Waals surface area contributed by atoms with Crippen LogP contribution in [0, 0.1) is 105 Å². The van der Waals surface area contributed by atoms with Gasteiger partial charge in [-0.3, -0.25) is 47.9 Å². The lowest BCUT2D eigenvalue weighted by Gasteiger charge is -2.19. The third-order valence-electron chi connectivity index (χ3n) is 24.6. The van der Waals surface area contributed by atoms with Crippen LogP contribution < -0.4 is 50.3 Å². The maximum absolute atomic E-state index is 14.5. The van der Waals surface area contributed by atoms with E-state index >= 15 is 0 Å². The number of carbonyl (C=O) groups excluding carboxylic acids is 10. The number of carbonyl (C=O) groups is 10. The number of hydrogen-bond acceptors (Lipinski definition) is 15. The summed E-state index contributed by atoms with van der Waals surface area (Å²) < 4.78 is 125. The number of methoxy groups -OCH3 is 5. The highest BCUT2D eigenvalue weighted by Gasteiger charge is 2.44. The summed E-state index contributed by atoms with van der Waals surface area (Å²) in [5, 5.41) is 13.6. The molecule has 27 heteroatoms. The second kappa shape index (κ2) is 46.3. The number of hydrogen-bond donors (Lipinski definition) is 5.